The van der Waals surface area contributed by atoms with Crippen molar-refractivity contribution >= 4 is 17.4 Å². The number of nitrogens with two attached hydrogens (primary N) is 1. The molecule has 40 heavy (non-hydrogen) atoms. The summed E-state index contributed by atoms with van der Waals surface area (Å²) in [4.78, 5) is 31.7. The van der Waals surface area contributed by atoms with Crippen molar-refractivity contribution in [1.82, 2.24) is 18.9 Å². The van der Waals surface area contributed by atoms with E-state index in [9.17, 15) is 22.8 Å². The number of carbonyl (C=O) groups excluding carboxylic acids is 1. The first-order chi connectivity index (χ1) is 19.2. The highest BCUT2D eigenvalue weighted by Gasteiger charge is 2.33. The molecule has 4 heterocycles. The summed E-state index contributed by atoms with van der Waals surface area (Å²) in [7, 11) is 0. The summed E-state index contributed by atoms with van der Waals surface area (Å²) in [5, 5.41) is 0. The average Bonchev–Trinajstić information content (AvgIpc) is 3.36. The van der Waals surface area contributed by atoms with E-state index < -0.39 is 18.8 Å². The Morgan fingerprint density at radius 3 is 2.52 bits per heavy atom. The number of fused-ring (bicyclic) bond motifs is 1. The Bertz CT molecular complexity index is 1560. The molecule has 2 N–H and O–H groups in total. The number of nitrogens with zero attached hydrogens (tertiary/aromatic N) is 5. The molecule has 0 atom stereocenters. The van der Waals surface area contributed by atoms with Crippen molar-refractivity contribution in [1.29, 1.82) is 0 Å². The number of hydrogen-bond acceptors (Lipinski definition) is 4. The first-order valence-corrected chi connectivity index (χ1v) is 13.3. The molecule has 1 aliphatic heterocycles. The Morgan fingerprint density at radius 2 is 1.77 bits per heavy atom. The first kappa shape index (κ1) is 27.4. The number of hydrogen-bond donors (Lipinski definition) is 1. The maximum absolute atomic E-state index is 13.0. The summed E-state index contributed by atoms with van der Waals surface area (Å²) < 4.78 is 42.6. The number of aromatic nitrogens is 3. The van der Waals surface area contributed by atoms with Crippen molar-refractivity contribution < 1.29 is 18.0 Å². The molecule has 0 radical (unpaired) electrons. The molecule has 210 valence electrons. The number of piperidine rings is 1. The van der Waals surface area contributed by atoms with Crippen LogP contribution in [-0.2, 0) is 6.54 Å². The normalized spacial score (nSPS) is 14.5. The second-order valence-electron chi connectivity index (χ2n) is 10.1. The fraction of sp³-hybridized carbons (Fsp3) is 0.345. The number of carbonyl (C=O) groups is 1. The van der Waals surface area contributed by atoms with Gasteiger partial charge in [-0.15, -0.1) is 0 Å². The van der Waals surface area contributed by atoms with Crippen LogP contribution < -0.4 is 16.2 Å². The van der Waals surface area contributed by atoms with Gasteiger partial charge >= 0.3 is 12.2 Å². The number of likely N-dealkylation sites (tertiary alicyclic amines) is 1. The predicted molar refractivity (Wildman–Crippen MR) is 148 cm³/mol. The lowest BCUT2D eigenvalue weighted by Crippen LogP contribution is -2.42. The van der Waals surface area contributed by atoms with Crippen LogP contribution in [0.3, 0.4) is 0 Å². The minimum absolute atomic E-state index is 0.0384. The molecule has 11 heteroatoms. The van der Waals surface area contributed by atoms with Crippen LogP contribution in [0.5, 0.6) is 0 Å². The highest BCUT2D eigenvalue weighted by Crippen LogP contribution is 2.29. The molecule has 0 unspecified atom stereocenters. The predicted octanol–water partition coefficient (Wildman–Crippen LogP) is 5.15. The summed E-state index contributed by atoms with van der Waals surface area (Å²) >= 11 is 0. The lowest BCUT2D eigenvalue weighted by molar-refractivity contribution is -0.118. The van der Waals surface area contributed by atoms with Gasteiger partial charge in [-0.1, -0.05) is 18.6 Å². The number of rotatable bonds is 8. The number of halogens is 3. The molecule has 1 aliphatic rings. The smallest absolute Gasteiger partial charge is 0.351 e. The van der Waals surface area contributed by atoms with Gasteiger partial charge in [0.1, 0.15) is 12.2 Å². The van der Waals surface area contributed by atoms with E-state index in [0.717, 1.165) is 37.2 Å². The van der Waals surface area contributed by atoms with Crippen LogP contribution in [0.15, 0.2) is 71.9 Å². The quantitative estimate of drug-likeness (QED) is 0.327. The van der Waals surface area contributed by atoms with E-state index in [1.807, 2.05) is 28.9 Å². The summed E-state index contributed by atoms with van der Waals surface area (Å²) in [6, 6.07) is 12.2. The molecule has 0 spiro atoms. The molecule has 0 bridgehead atoms. The van der Waals surface area contributed by atoms with Crippen LogP contribution in [0.25, 0.3) is 28.0 Å². The van der Waals surface area contributed by atoms with Gasteiger partial charge in [0.25, 0.3) is 5.56 Å². The van der Waals surface area contributed by atoms with Crippen LogP contribution in [0.1, 0.15) is 25.7 Å². The molecular formula is C29H31F3N6O2. The second kappa shape index (κ2) is 11.5. The highest BCUT2D eigenvalue weighted by molar-refractivity contribution is 5.91. The van der Waals surface area contributed by atoms with E-state index >= 15 is 0 Å². The van der Waals surface area contributed by atoms with Gasteiger partial charge in [-0.3, -0.25) is 14.1 Å². The molecular weight excluding hydrogens is 521 g/mol. The lowest BCUT2D eigenvalue weighted by Gasteiger charge is -2.26. The second-order valence-corrected chi connectivity index (χ2v) is 10.1. The van der Waals surface area contributed by atoms with Gasteiger partial charge in [0, 0.05) is 36.3 Å². The zero-order chi connectivity index (χ0) is 28.3. The molecule has 1 fully saturated rings. The van der Waals surface area contributed by atoms with E-state index in [4.69, 9.17) is 5.73 Å². The third-order valence-electron chi connectivity index (χ3n) is 7.21. The summed E-state index contributed by atoms with van der Waals surface area (Å²) in [6.45, 7) is 2.40. The third kappa shape index (κ3) is 6.36. The fourth-order valence-corrected chi connectivity index (χ4v) is 5.21. The van der Waals surface area contributed by atoms with Crippen molar-refractivity contribution in [2.24, 2.45) is 5.73 Å². The Hall–Kier alpha value is -4.12. The number of alkyl halides is 3. The largest absolute Gasteiger partial charge is 0.406 e. The number of benzene rings is 1. The van der Waals surface area contributed by atoms with E-state index in [0.29, 0.717) is 28.3 Å². The number of imidazole rings is 1. The topological polar surface area (TPSA) is 88.9 Å². The molecule has 8 nitrogen and oxygen atoms in total. The number of pyridine rings is 2. The maximum atomic E-state index is 13.0. The molecule has 4 aromatic rings. The molecule has 2 amide bonds. The average molecular weight is 553 g/mol. The standard InChI is InChI=1S/C29H31F3N6O2/c30-29(31,32)20-38(28(33)40)24-7-4-6-22(16-24)25-18-34-26-17-21(10-15-37(25)26)23-8-9-27(39)36(19-23)14-5-13-35-11-2-1-3-12-35/h4,6-10,15-19H,1-3,5,11-14,20H2,(H2,33,40). The van der Waals surface area contributed by atoms with Gasteiger partial charge < -0.3 is 15.2 Å². The van der Waals surface area contributed by atoms with Gasteiger partial charge in [0.2, 0.25) is 0 Å². The summed E-state index contributed by atoms with van der Waals surface area (Å²) in [5.74, 6) is 0. The van der Waals surface area contributed by atoms with Crippen LogP contribution in [-0.4, -0.2) is 57.2 Å². The lowest BCUT2D eigenvalue weighted by atomic mass is 10.1. The molecule has 0 saturated carbocycles. The molecule has 0 aliphatic carbocycles. The van der Waals surface area contributed by atoms with Crippen molar-refractivity contribution in [3.05, 3.63) is 77.5 Å². The molecule has 3 aromatic heterocycles. The van der Waals surface area contributed by atoms with Crippen LogP contribution in [0.4, 0.5) is 23.7 Å². The zero-order valence-electron chi connectivity index (χ0n) is 22.0. The van der Waals surface area contributed by atoms with E-state index in [1.165, 1.54) is 31.4 Å². The van der Waals surface area contributed by atoms with Gasteiger partial charge in [0.15, 0.2) is 0 Å². The third-order valence-corrected chi connectivity index (χ3v) is 7.21. The van der Waals surface area contributed by atoms with E-state index in [1.54, 1.807) is 35.0 Å². The van der Waals surface area contributed by atoms with Gasteiger partial charge in [0.05, 0.1) is 11.9 Å². The first-order valence-electron chi connectivity index (χ1n) is 13.3. The van der Waals surface area contributed by atoms with E-state index in [2.05, 4.69) is 9.88 Å². The van der Waals surface area contributed by atoms with Gasteiger partial charge in [-0.05, 0) is 80.4 Å². The molecule has 1 aromatic carbocycles. The minimum Gasteiger partial charge on any atom is -0.351 e. The maximum Gasteiger partial charge on any atom is 0.406 e. The van der Waals surface area contributed by atoms with Crippen LogP contribution in [0.2, 0.25) is 0 Å². The number of primary amides is 1. The van der Waals surface area contributed by atoms with Crippen molar-refractivity contribution in [3.63, 3.8) is 0 Å². The van der Waals surface area contributed by atoms with Crippen molar-refractivity contribution in [2.45, 2.75) is 38.4 Å². The molecule has 1 saturated heterocycles. The minimum atomic E-state index is -4.60. The highest BCUT2D eigenvalue weighted by atomic mass is 19.4. The monoisotopic (exact) mass is 552 g/mol. The fourth-order valence-electron chi connectivity index (χ4n) is 5.21. The zero-order valence-corrected chi connectivity index (χ0v) is 22.0. The van der Waals surface area contributed by atoms with Gasteiger partial charge in [-0.2, -0.15) is 13.2 Å². The Labute approximate surface area is 229 Å². The van der Waals surface area contributed by atoms with E-state index in [-0.39, 0.29) is 11.2 Å². The number of urea groups is 1. The van der Waals surface area contributed by atoms with Crippen molar-refractivity contribution in [3.8, 4) is 22.4 Å². The SMILES string of the molecule is NC(=O)N(CC(F)(F)F)c1cccc(-c2cnc3cc(-c4ccc(=O)n(CCCN5CCCCC5)c4)ccn23)c1. The summed E-state index contributed by atoms with van der Waals surface area (Å²) in [6.07, 6.45) is 5.40. The molecule has 5 rings (SSSR count). The van der Waals surface area contributed by atoms with Crippen LogP contribution in [0, 0.1) is 0 Å². The Kier molecular flexibility index (Phi) is 7.92. The number of amides is 2. The van der Waals surface area contributed by atoms with Gasteiger partial charge in [-0.25, -0.2) is 9.78 Å². The Morgan fingerprint density at radius 1 is 0.975 bits per heavy atom. The van der Waals surface area contributed by atoms with Crippen molar-refractivity contribution in [2.75, 3.05) is 31.1 Å². The Balaban J connectivity index is 1.37. The summed E-state index contributed by atoms with van der Waals surface area (Å²) in [5.41, 5.74) is 8.85. The number of aryl methyl sites for hydroxylation is 1. The number of anilines is 1. The van der Waals surface area contributed by atoms with Crippen LogP contribution >= 0.6 is 0 Å².